The SMILES string of the molecule is COc1cc(C(=O)Nc2ncc([N+](=O)[O-])cc2O)cc(OC)c1OC. The second-order valence-corrected chi connectivity index (χ2v) is 4.69. The highest BCUT2D eigenvalue weighted by atomic mass is 16.6. The van der Waals surface area contributed by atoms with Crippen LogP contribution in [-0.4, -0.2) is 42.3 Å². The molecule has 2 aromatic rings. The Labute approximate surface area is 142 Å². The number of methoxy groups -OCH3 is 3. The van der Waals surface area contributed by atoms with E-state index >= 15 is 0 Å². The van der Waals surface area contributed by atoms with Gasteiger partial charge in [0.05, 0.1) is 32.3 Å². The summed E-state index contributed by atoms with van der Waals surface area (Å²) in [7, 11) is 4.24. The highest BCUT2D eigenvalue weighted by Gasteiger charge is 2.19. The molecule has 0 fully saturated rings. The molecule has 1 aromatic carbocycles. The standard InChI is InChI=1S/C15H15N3O7/c1-23-11-4-8(5-12(24-2)13(11)25-3)15(20)17-14-10(19)6-9(7-16-14)18(21)22/h4-7,19H,1-3H3,(H,16,17,20). The zero-order valence-corrected chi connectivity index (χ0v) is 13.6. The first-order valence-electron chi connectivity index (χ1n) is 6.86. The van der Waals surface area contributed by atoms with Crippen LogP contribution in [0.3, 0.4) is 0 Å². The summed E-state index contributed by atoms with van der Waals surface area (Å²) in [5, 5.41) is 22.8. The third-order valence-electron chi connectivity index (χ3n) is 3.22. The van der Waals surface area contributed by atoms with E-state index in [4.69, 9.17) is 14.2 Å². The fourth-order valence-corrected chi connectivity index (χ4v) is 2.03. The van der Waals surface area contributed by atoms with Crippen LogP contribution in [0.25, 0.3) is 0 Å². The number of aromatic hydroxyl groups is 1. The van der Waals surface area contributed by atoms with Crippen molar-refractivity contribution < 1.29 is 29.0 Å². The van der Waals surface area contributed by atoms with Crippen molar-refractivity contribution in [1.29, 1.82) is 0 Å². The monoisotopic (exact) mass is 349 g/mol. The van der Waals surface area contributed by atoms with E-state index in [1.165, 1.54) is 33.5 Å². The first-order chi connectivity index (χ1) is 11.9. The Hall–Kier alpha value is -3.56. The third kappa shape index (κ3) is 3.68. The van der Waals surface area contributed by atoms with Crippen molar-refractivity contribution in [3.8, 4) is 23.0 Å². The van der Waals surface area contributed by atoms with Crippen LogP contribution in [0.4, 0.5) is 11.5 Å². The van der Waals surface area contributed by atoms with Gasteiger partial charge in [0, 0.05) is 5.56 Å². The molecule has 10 nitrogen and oxygen atoms in total. The molecule has 0 radical (unpaired) electrons. The van der Waals surface area contributed by atoms with Crippen LogP contribution in [-0.2, 0) is 0 Å². The van der Waals surface area contributed by atoms with E-state index in [1.807, 2.05) is 0 Å². The lowest BCUT2D eigenvalue weighted by Crippen LogP contribution is -2.14. The summed E-state index contributed by atoms with van der Waals surface area (Å²) in [6.07, 6.45) is 0.921. The molecule has 0 unspecified atom stereocenters. The molecule has 0 bridgehead atoms. The lowest BCUT2D eigenvalue weighted by Gasteiger charge is -2.14. The first kappa shape index (κ1) is 17.8. The highest BCUT2D eigenvalue weighted by Crippen LogP contribution is 2.38. The number of nitrogens with zero attached hydrogens (tertiary/aromatic N) is 2. The Morgan fingerprint density at radius 2 is 1.76 bits per heavy atom. The zero-order chi connectivity index (χ0) is 18.6. The minimum absolute atomic E-state index is 0.147. The number of ether oxygens (including phenoxy) is 3. The number of carbonyl (C=O) groups excluding carboxylic acids is 1. The van der Waals surface area contributed by atoms with Crippen molar-refractivity contribution in [2.75, 3.05) is 26.6 Å². The van der Waals surface area contributed by atoms with Gasteiger partial charge < -0.3 is 24.6 Å². The average molecular weight is 349 g/mol. The van der Waals surface area contributed by atoms with Crippen LogP contribution in [0.5, 0.6) is 23.0 Å². The molecule has 10 heteroatoms. The van der Waals surface area contributed by atoms with Crippen LogP contribution < -0.4 is 19.5 Å². The number of pyridine rings is 1. The van der Waals surface area contributed by atoms with E-state index in [2.05, 4.69) is 10.3 Å². The minimum atomic E-state index is -0.711. The van der Waals surface area contributed by atoms with E-state index in [0.717, 1.165) is 12.3 Å². The Kier molecular flexibility index (Phi) is 5.22. The quantitative estimate of drug-likeness (QED) is 0.597. The van der Waals surface area contributed by atoms with Crippen LogP contribution >= 0.6 is 0 Å². The zero-order valence-electron chi connectivity index (χ0n) is 13.6. The summed E-state index contributed by atoms with van der Waals surface area (Å²) in [6, 6.07) is 3.72. The number of aromatic nitrogens is 1. The number of carbonyl (C=O) groups is 1. The van der Waals surface area contributed by atoms with Crippen LogP contribution in [0, 0.1) is 10.1 Å². The maximum absolute atomic E-state index is 12.4. The summed E-state index contributed by atoms with van der Waals surface area (Å²) >= 11 is 0. The lowest BCUT2D eigenvalue weighted by atomic mass is 10.1. The van der Waals surface area contributed by atoms with E-state index in [0.29, 0.717) is 5.75 Å². The van der Waals surface area contributed by atoms with Gasteiger partial charge in [-0.3, -0.25) is 14.9 Å². The Bertz CT molecular complexity index is 798. The molecule has 25 heavy (non-hydrogen) atoms. The second-order valence-electron chi connectivity index (χ2n) is 4.69. The van der Waals surface area contributed by atoms with Crippen molar-refractivity contribution in [1.82, 2.24) is 4.98 Å². The summed E-state index contributed by atoms with van der Waals surface area (Å²) < 4.78 is 15.5. The van der Waals surface area contributed by atoms with E-state index < -0.39 is 22.3 Å². The Balaban J connectivity index is 2.34. The number of hydrogen-bond acceptors (Lipinski definition) is 8. The molecule has 0 aliphatic heterocycles. The number of benzene rings is 1. The molecule has 132 valence electrons. The van der Waals surface area contributed by atoms with Gasteiger partial charge in [-0.1, -0.05) is 0 Å². The van der Waals surface area contributed by atoms with Crippen molar-refractivity contribution in [3.05, 3.63) is 40.1 Å². The smallest absolute Gasteiger partial charge is 0.291 e. The summed E-state index contributed by atoms with van der Waals surface area (Å²) in [4.78, 5) is 26.0. The average Bonchev–Trinajstić information content (AvgIpc) is 2.61. The Morgan fingerprint density at radius 1 is 1.16 bits per heavy atom. The first-order valence-corrected chi connectivity index (χ1v) is 6.86. The van der Waals surface area contributed by atoms with Crippen LogP contribution in [0.1, 0.15) is 10.4 Å². The molecule has 0 saturated carbocycles. The van der Waals surface area contributed by atoms with Crippen LogP contribution in [0.2, 0.25) is 0 Å². The predicted octanol–water partition coefficient (Wildman–Crippen LogP) is 1.97. The fourth-order valence-electron chi connectivity index (χ4n) is 2.03. The number of anilines is 1. The Morgan fingerprint density at radius 3 is 2.20 bits per heavy atom. The molecule has 0 aliphatic rings. The number of hydrogen-bond donors (Lipinski definition) is 2. The molecule has 1 heterocycles. The number of nitro groups is 1. The van der Waals surface area contributed by atoms with Crippen molar-refractivity contribution in [2.45, 2.75) is 0 Å². The summed E-state index contributed by atoms with van der Waals surface area (Å²) in [5.41, 5.74) is -0.252. The van der Waals surface area contributed by atoms with Gasteiger partial charge in [0.2, 0.25) is 5.75 Å². The van der Waals surface area contributed by atoms with Crippen molar-refractivity contribution in [3.63, 3.8) is 0 Å². The van der Waals surface area contributed by atoms with Crippen LogP contribution in [0.15, 0.2) is 24.4 Å². The molecule has 1 amide bonds. The summed E-state index contributed by atoms with van der Waals surface area (Å²) in [5.74, 6) is -0.520. The van der Waals surface area contributed by atoms with Gasteiger partial charge in [0.15, 0.2) is 23.1 Å². The number of rotatable bonds is 6. The van der Waals surface area contributed by atoms with Gasteiger partial charge in [0.25, 0.3) is 11.6 Å². The minimum Gasteiger partial charge on any atom is -0.504 e. The fraction of sp³-hybridized carbons (Fsp3) is 0.200. The molecule has 0 aliphatic carbocycles. The molecular weight excluding hydrogens is 334 g/mol. The van der Waals surface area contributed by atoms with Gasteiger partial charge in [-0.2, -0.15) is 0 Å². The van der Waals surface area contributed by atoms with Crippen molar-refractivity contribution in [2.24, 2.45) is 0 Å². The molecule has 2 N–H and O–H groups in total. The van der Waals surface area contributed by atoms with Gasteiger partial charge in [-0.05, 0) is 12.1 Å². The largest absolute Gasteiger partial charge is 0.504 e. The van der Waals surface area contributed by atoms with E-state index in [1.54, 1.807) is 0 Å². The van der Waals surface area contributed by atoms with Gasteiger partial charge >= 0.3 is 0 Å². The maximum atomic E-state index is 12.4. The molecule has 0 spiro atoms. The molecule has 0 saturated heterocycles. The second kappa shape index (κ2) is 7.34. The van der Waals surface area contributed by atoms with Gasteiger partial charge in [-0.25, -0.2) is 4.98 Å². The van der Waals surface area contributed by atoms with Gasteiger partial charge in [0.1, 0.15) is 6.20 Å². The van der Waals surface area contributed by atoms with E-state index in [9.17, 15) is 20.0 Å². The molecule has 2 rings (SSSR count). The van der Waals surface area contributed by atoms with Gasteiger partial charge in [-0.15, -0.1) is 0 Å². The molecule has 0 atom stereocenters. The number of nitrogens with one attached hydrogen (secondary N) is 1. The number of amides is 1. The maximum Gasteiger partial charge on any atom is 0.291 e. The molecular formula is C15H15N3O7. The predicted molar refractivity (Wildman–Crippen MR) is 86.6 cm³/mol. The topological polar surface area (TPSA) is 133 Å². The summed E-state index contributed by atoms with van der Waals surface area (Å²) in [6.45, 7) is 0. The van der Waals surface area contributed by atoms with E-state index in [-0.39, 0.29) is 22.9 Å². The normalized spacial score (nSPS) is 10.0. The highest BCUT2D eigenvalue weighted by molar-refractivity contribution is 6.05. The lowest BCUT2D eigenvalue weighted by molar-refractivity contribution is -0.385. The third-order valence-corrected chi connectivity index (χ3v) is 3.22. The van der Waals surface area contributed by atoms with Crippen molar-refractivity contribution >= 4 is 17.4 Å². The molecule has 1 aromatic heterocycles.